The number of hydrogen-bond acceptors (Lipinski definition) is 6. The summed E-state index contributed by atoms with van der Waals surface area (Å²) in [6.45, 7) is 1.90. The number of benzene rings is 2. The number of methoxy groups -OCH3 is 1. The molecule has 0 saturated heterocycles. The maximum Gasteiger partial charge on any atom is 0.354 e. The number of nitro groups is 1. The summed E-state index contributed by atoms with van der Waals surface area (Å²) in [5, 5.41) is 15.0. The van der Waals surface area contributed by atoms with Crippen molar-refractivity contribution in [1.29, 1.82) is 0 Å². The molecule has 0 saturated carbocycles. The zero-order valence-electron chi connectivity index (χ0n) is 14.2. The predicted octanol–water partition coefficient (Wildman–Crippen LogP) is 4.01. The summed E-state index contributed by atoms with van der Waals surface area (Å²) in [6, 6.07) is 11.8. The van der Waals surface area contributed by atoms with E-state index >= 15 is 0 Å². The smallest absolute Gasteiger partial charge is 0.354 e. The minimum Gasteiger partial charge on any atom is -0.495 e. The third-order valence-electron chi connectivity index (χ3n) is 3.84. The van der Waals surface area contributed by atoms with Crippen molar-refractivity contribution in [2.45, 2.75) is 6.92 Å². The Morgan fingerprint density at radius 2 is 2.00 bits per heavy atom. The van der Waals surface area contributed by atoms with E-state index in [0.29, 0.717) is 22.5 Å². The highest BCUT2D eigenvalue weighted by Gasteiger charge is 2.20. The van der Waals surface area contributed by atoms with Crippen LogP contribution in [0.1, 0.15) is 17.4 Å². The molecule has 0 aliphatic carbocycles. The average Bonchev–Trinajstić information content (AvgIpc) is 3.08. The van der Waals surface area contributed by atoms with Gasteiger partial charge in [0.25, 0.3) is 5.69 Å². The lowest BCUT2D eigenvalue weighted by Crippen LogP contribution is -2.04. The highest BCUT2D eigenvalue weighted by Crippen LogP contribution is 2.35. The molecule has 0 spiro atoms. The summed E-state index contributed by atoms with van der Waals surface area (Å²) in [7, 11) is 1.56. The molecule has 1 heterocycles. The molecule has 0 aliphatic heterocycles. The lowest BCUT2D eigenvalue weighted by Gasteiger charge is -2.11. The van der Waals surface area contributed by atoms with E-state index in [4.69, 9.17) is 9.47 Å². The molecule has 0 unspecified atom stereocenters. The summed E-state index contributed by atoms with van der Waals surface area (Å²) in [6.07, 6.45) is 0. The monoisotopic (exact) mass is 355 g/mol. The Morgan fingerprint density at radius 3 is 2.69 bits per heavy atom. The molecule has 0 amide bonds. The van der Waals surface area contributed by atoms with Gasteiger partial charge in [-0.2, -0.15) is 0 Å². The minimum atomic E-state index is -0.568. The zero-order valence-corrected chi connectivity index (χ0v) is 14.2. The number of para-hydroxylation sites is 2. The summed E-state index contributed by atoms with van der Waals surface area (Å²) in [5.41, 5.74) is 1.57. The number of nitrogens with one attached hydrogen (secondary N) is 2. The van der Waals surface area contributed by atoms with Gasteiger partial charge in [-0.3, -0.25) is 10.1 Å². The molecule has 0 radical (unpaired) electrons. The van der Waals surface area contributed by atoms with Gasteiger partial charge in [0.05, 0.1) is 24.3 Å². The Morgan fingerprint density at radius 1 is 1.23 bits per heavy atom. The molecule has 0 fully saturated rings. The van der Waals surface area contributed by atoms with E-state index < -0.39 is 10.9 Å². The van der Waals surface area contributed by atoms with Crippen LogP contribution >= 0.6 is 0 Å². The number of esters is 1. The van der Waals surface area contributed by atoms with Gasteiger partial charge >= 0.3 is 5.97 Å². The number of ether oxygens (including phenoxy) is 2. The number of H-pyrrole nitrogens is 1. The van der Waals surface area contributed by atoms with Crippen LogP contribution in [0, 0.1) is 10.1 Å². The number of carbonyl (C=O) groups excluding carboxylic acids is 1. The van der Waals surface area contributed by atoms with E-state index in [-0.39, 0.29) is 23.5 Å². The van der Waals surface area contributed by atoms with E-state index in [2.05, 4.69) is 10.3 Å². The van der Waals surface area contributed by atoms with Crippen LogP contribution in [0.5, 0.6) is 5.75 Å². The molecule has 0 aliphatic rings. The van der Waals surface area contributed by atoms with Crippen LogP contribution in [-0.4, -0.2) is 29.6 Å². The third kappa shape index (κ3) is 3.16. The highest BCUT2D eigenvalue weighted by molar-refractivity contribution is 6.04. The van der Waals surface area contributed by atoms with Crippen molar-refractivity contribution in [3.05, 3.63) is 58.3 Å². The number of hydrogen-bond donors (Lipinski definition) is 2. The van der Waals surface area contributed by atoms with Gasteiger partial charge in [0.1, 0.15) is 17.0 Å². The lowest BCUT2D eigenvalue weighted by molar-refractivity contribution is -0.383. The normalized spacial score (nSPS) is 10.5. The molecule has 2 N–H and O–H groups in total. The molecule has 8 heteroatoms. The Hall–Kier alpha value is -3.55. The summed E-state index contributed by atoms with van der Waals surface area (Å²) in [5.74, 6) is 0.0568. The first-order valence-electron chi connectivity index (χ1n) is 7.92. The second-order valence-electron chi connectivity index (χ2n) is 5.41. The van der Waals surface area contributed by atoms with Crippen LogP contribution in [-0.2, 0) is 4.74 Å². The molecule has 134 valence electrons. The third-order valence-corrected chi connectivity index (χ3v) is 3.84. The number of nitrogens with zero attached hydrogens (tertiary/aromatic N) is 1. The maximum atomic E-state index is 12.0. The Bertz CT molecular complexity index is 980. The number of rotatable bonds is 6. The van der Waals surface area contributed by atoms with E-state index in [9.17, 15) is 14.9 Å². The first-order chi connectivity index (χ1) is 12.5. The van der Waals surface area contributed by atoms with Crippen molar-refractivity contribution < 1.29 is 19.2 Å². The molecule has 0 bridgehead atoms. The van der Waals surface area contributed by atoms with E-state index in [1.54, 1.807) is 26.2 Å². The van der Waals surface area contributed by atoms with Gasteiger partial charge in [0.2, 0.25) is 0 Å². The van der Waals surface area contributed by atoms with Gasteiger partial charge in [-0.05, 0) is 31.2 Å². The van der Waals surface area contributed by atoms with Crippen LogP contribution in [0.2, 0.25) is 0 Å². The largest absolute Gasteiger partial charge is 0.495 e. The van der Waals surface area contributed by atoms with E-state index in [1.165, 1.54) is 12.1 Å². The fraction of sp³-hybridized carbons (Fsp3) is 0.167. The Kier molecular flexibility index (Phi) is 4.74. The van der Waals surface area contributed by atoms with Crippen LogP contribution in [0.15, 0.2) is 42.5 Å². The fourth-order valence-electron chi connectivity index (χ4n) is 2.68. The predicted molar refractivity (Wildman–Crippen MR) is 97.2 cm³/mol. The van der Waals surface area contributed by atoms with Crippen LogP contribution in [0.3, 0.4) is 0 Å². The summed E-state index contributed by atoms with van der Waals surface area (Å²) in [4.78, 5) is 25.6. The molecular weight excluding hydrogens is 338 g/mol. The van der Waals surface area contributed by atoms with Crippen LogP contribution in [0.25, 0.3) is 10.9 Å². The lowest BCUT2D eigenvalue weighted by atomic mass is 10.1. The first-order valence-corrected chi connectivity index (χ1v) is 7.92. The number of aromatic amines is 1. The standard InChI is InChI=1S/C18H17N3O5/c1-3-26-18(22)14-10-11-12(8-9-15(21(23)24)17(11)20-14)19-13-6-4-5-7-16(13)25-2/h4-10,19-20H,3H2,1-2H3. The van der Waals surface area contributed by atoms with Gasteiger partial charge in [-0.25, -0.2) is 4.79 Å². The van der Waals surface area contributed by atoms with Gasteiger partial charge < -0.3 is 19.8 Å². The number of non-ortho nitro benzene ring substituents is 1. The van der Waals surface area contributed by atoms with Crippen molar-refractivity contribution in [2.75, 3.05) is 19.0 Å². The highest BCUT2D eigenvalue weighted by atomic mass is 16.6. The SMILES string of the molecule is CCOC(=O)c1cc2c(Nc3ccccc3OC)ccc([N+](=O)[O-])c2[nH]1. The zero-order chi connectivity index (χ0) is 18.7. The van der Waals surface area contributed by atoms with Gasteiger partial charge in [-0.15, -0.1) is 0 Å². The Balaban J connectivity index is 2.12. The molecule has 3 rings (SSSR count). The maximum absolute atomic E-state index is 12.0. The second kappa shape index (κ2) is 7.14. The van der Waals surface area contributed by atoms with Crippen molar-refractivity contribution >= 4 is 33.9 Å². The number of carbonyl (C=O) groups is 1. The summed E-state index contributed by atoms with van der Waals surface area (Å²) < 4.78 is 10.3. The number of anilines is 2. The molecule has 1 aromatic heterocycles. The number of fused-ring (bicyclic) bond motifs is 1. The van der Waals surface area contributed by atoms with E-state index in [0.717, 1.165) is 0 Å². The Labute approximate surface area is 148 Å². The topological polar surface area (TPSA) is 106 Å². The van der Waals surface area contributed by atoms with Gasteiger partial charge in [0, 0.05) is 17.1 Å². The number of aromatic nitrogens is 1. The van der Waals surface area contributed by atoms with Crippen molar-refractivity contribution in [1.82, 2.24) is 4.98 Å². The molecule has 3 aromatic rings. The molecule has 8 nitrogen and oxygen atoms in total. The molecule has 26 heavy (non-hydrogen) atoms. The quantitative estimate of drug-likeness (QED) is 0.393. The summed E-state index contributed by atoms with van der Waals surface area (Å²) >= 11 is 0. The minimum absolute atomic E-state index is 0.124. The van der Waals surface area contributed by atoms with E-state index in [1.807, 2.05) is 18.2 Å². The van der Waals surface area contributed by atoms with Gasteiger partial charge in [-0.1, -0.05) is 12.1 Å². The molecular formula is C18H17N3O5. The van der Waals surface area contributed by atoms with Crippen LogP contribution in [0.4, 0.5) is 17.1 Å². The average molecular weight is 355 g/mol. The second-order valence-corrected chi connectivity index (χ2v) is 5.41. The molecule has 0 atom stereocenters. The van der Waals surface area contributed by atoms with Crippen molar-refractivity contribution in [2.24, 2.45) is 0 Å². The van der Waals surface area contributed by atoms with Crippen molar-refractivity contribution in [3.8, 4) is 5.75 Å². The fourth-order valence-corrected chi connectivity index (χ4v) is 2.68. The molecule has 2 aromatic carbocycles. The number of nitro benzene ring substituents is 1. The first kappa shape index (κ1) is 17.3. The van der Waals surface area contributed by atoms with Gasteiger partial charge in [0.15, 0.2) is 0 Å². The van der Waals surface area contributed by atoms with Crippen molar-refractivity contribution in [3.63, 3.8) is 0 Å². The van der Waals surface area contributed by atoms with Crippen LogP contribution < -0.4 is 10.1 Å².